The number of carbonyl (C=O) groups is 3. The van der Waals surface area contributed by atoms with E-state index >= 15 is 0 Å². The molecule has 0 fully saturated rings. The molecule has 0 atom stereocenters. The fourth-order valence-electron chi connectivity index (χ4n) is 6.92. The van der Waals surface area contributed by atoms with Gasteiger partial charge in [0.15, 0.2) is 0 Å². The molecule has 9 nitrogen and oxygen atoms in total. The van der Waals surface area contributed by atoms with Gasteiger partial charge in [-0.05, 0) is 54.6 Å². The molecule has 3 amide bonds. The molecule has 0 spiro atoms. The summed E-state index contributed by atoms with van der Waals surface area (Å²) < 4.78 is 0. The molecule has 0 aliphatic carbocycles. The topological polar surface area (TPSA) is 98.0 Å². The molecule has 60 heavy (non-hydrogen) atoms. The predicted octanol–water partition coefficient (Wildman–Crippen LogP) is 9.46. The van der Waals surface area contributed by atoms with Crippen molar-refractivity contribution in [3.05, 3.63) is 194 Å². The van der Waals surface area contributed by atoms with E-state index < -0.39 is 0 Å². The number of nitrogens with zero attached hydrogens (tertiary/aromatic N) is 6. The number of hydrogen-bond donors (Lipinski definition) is 0. The van der Waals surface area contributed by atoms with Crippen LogP contribution in [0.1, 0.15) is 33.4 Å². The standard InChI is InChI=1S/3C16H13ClN2O/c3*1-19-14-8-7-12(17)9-13(14)16(18-10-15(19)20)11-5-3-2-4-6-11/h3*2-9H,10H2,1H3. The van der Waals surface area contributed by atoms with Crippen LogP contribution in [-0.2, 0) is 14.4 Å². The Hall–Kier alpha value is -6.39. The van der Waals surface area contributed by atoms with Gasteiger partial charge in [0.2, 0.25) is 17.7 Å². The maximum Gasteiger partial charge on any atom is 0.248 e. The van der Waals surface area contributed by atoms with E-state index in [0.717, 1.165) is 67.6 Å². The highest BCUT2D eigenvalue weighted by atomic mass is 35.5. The summed E-state index contributed by atoms with van der Waals surface area (Å²) in [4.78, 5) is 54.4. The van der Waals surface area contributed by atoms with Gasteiger partial charge in [0.1, 0.15) is 19.6 Å². The van der Waals surface area contributed by atoms with E-state index in [1.54, 1.807) is 54.0 Å². The smallest absolute Gasteiger partial charge is 0.248 e. The fourth-order valence-corrected chi connectivity index (χ4v) is 7.43. The minimum Gasteiger partial charge on any atom is -0.313 e. The van der Waals surface area contributed by atoms with E-state index in [1.165, 1.54) is 0 Å². The first kappa shape index (κ1) is 41.8. The lowest BCUT2D eigenvalue weighted by Gasteiger charge is -2.18. The van der Waals surface area contributed by atoms with Crippen molar-refractivity contribution in [2.45, 2.75) is 0 Å². The average Bonchev–Trinajstić information content (AvgIpc) is 3.54. The van der Waals surface area contributed by atoms with Crippen LogP contribution < -0.4 is 14.7 Å². The number of rotatable bonds is 3. The zero-order valence-corrected chi connectivity index (χ0v) is 35.3. The molecule has 6 aromatic rings. The Morgan fingerprint density at radius 3 is 0.883 bits per heavy atom. The van der Waals surface area contributed by atoms with Gasteiger partial charge in [-0.3, -0.25) is 29.4 Å². The molecule has 0 unspecified atom stereocenters. The third kappa shape index (κ3) is 9.24. The van der Waals surface area contributed by atoms with Crippen LogP contribution in [0.4, 0.5) is 17.1 Å². The summed E-state index contributed by atoms with van der Waals surface area (Å²) in [6, 6.07) is 46.0. The minimum absolute atomic E-state index is 0.0282. The molecule has 0 saturated carbocycles. The van der Waals surface area contributed by atoms with Crippen molar-refractivity contribution in [2.24, 2.45) is 15.0 Å². The van der Waals surface area contributed by atoms with E-state index in [1.807, 2.05) is 127 Å². The van der Waals surface area contributed by atoms with Crippen LogP contribution in [0.5, 0.6) is 0 Å². The maximum absolute atomic E-state index is 12.0. The SMILES string of the molecule is CN1C(=O)CN=C(c2ccccc2)c2cc(Cl)ccc21.CN1C(=O)CN=C(c2ccccc2)c2cc(Cl)ccc21.CN1C(=O)CN=C(c2ccccc2)c2cc(Cl)ccc21. The lowest BCUT2D eigenvalue weighted by molar-refractivity contribution is -0.117. The number of aliphatic imine (C=N–C) groups is 3. The molecule has 0 N–H and O–H groups in total. The van der Waals surface area contributed by atoms with Gasteiger partial charge in [-0.15, -0.1) is 0 Å². The van der Waals surface area contributed by atoms with Gasteiger partial charge in [-0.25, -0.2) is 0 Å². The molecule has 300 valence electrons. The number of amides is 3. The molecule has 6 aromatic carbocycles. The highest BCUT2D eigenvalue weighted by Gasteiger charge is 2.25. The first-order valence-electron chi connectivity index (χ1n) is 19.0. The second kappa shape index (κ2) is 18.7. The number of likely N-dealkylation sites (N-methyl/N-ethyl adjacent to an activating group) is 3. The van der Waals surface area contributed by atoms with Crippen molar-refractivity contribution in [3.63, 3.8) is 0 Å². The number of hydrogen-bond acceptors (Lipinski definition) is 6. The highest BCUT2D eigenvalue weighted by molar-refractivity contribution is 6.33. The van der Waals surface area contributed by atoms with Gasteiger partial charge < -0.3 is 14.7 Å². The summed E-state index contributed by atoms with van der Waals surface area (Å²) in [7, 11) is 5.29. The maximum atomic E-state index is 12.0. The third-order valence-electron chi connectivity index (χ3n) is 10.1. The molecule has 3 heterocycles. The first-order chi connectivity index (χ1) is 29.0. The molecule has 12 heteroatoms. The van der Waals surface area contributed by atoms with Crippen LogP contribution in [-0.4, -0.2) is 75.6 Å². The number of benzodiazepines with no additional fused rings is 3. The van der Waals surface area contributed by atoms with Gasteiger partial charge in [0.05, 0.1) is 34.2 Å². The average molecular weight is 854 g/mol. The van der Waals surface area contributed by atoms with E-state index in [0.29, 0.717) is 15.1 Å². The molecule has 3 aliphatic rings. The van der Waals surface area contributed by atoms with Crippen molar-refractivity contribution in [3.8, 4) is 0 Å². The molecule has 0 bridgehead atoms. The van der Waals surface area contributed by atoms with Crippen LogP contribution >= 0.6 is 34.8 Å². The normalized spacial score (nSPS) is 14.6. The lowest BCUT2D eigenvalue weighted by Crippen LogP contribution is -2.27. The van der Waals surface area contributed by atoms with Crippen LogP contribution in [0, 0.1) is 0 Å². The van der Waals surface area contributed by atoms with Crippen LogP contribution in [0.2, 0.25) is 15.1 Å². The Kier molecular flexibility index (Phi) is 13.0. The summed E-state index contributed by atoms with van der Waals surface area (Å²) in [5.74, 6) is -0.0847. The van der Waals surface area contributed by atoms with Gasteiger partial charge >= 0.3 is 0 Å². The molecule has 0 radical (unpaired) electrons. The van der Waals surface area contributed by atoms with Gasteiger partial charge in [-0.2, -0.15) is 0 Å². The Balaban J connectivity index is 0.000000136. The zero-order chi connectivity index (χ0) is 42.3. The Morgan fingerprint density at radius 1 is 0.383 bits per heavy atom. The lowest BCUT2D eigenvalue weighted by atomic mass is 10.0. The number of carbonyl (C=O) groups excluding carboxylic acids is 3. The first-order valence-corrected chi connectivity index (χ1v) is 20.1. The van der Waals surface area contributed by atoms with Gasteiger partial charge in [-0.1, -0.05) is 126 Å². The zero-order valence-electron chi connectivity index (χ0n) is 33.0. The van der Waals surface area contributed by atoms with E-state index in [-0.39, 0.29) is 37.4 Å². The Morgan fingerprint density at radius 2 is 0.633 bits per heavy atom. The summed E-state index contributed by atoms with van der Waals surface area (Å²) in [5, 5.41) is 1.90. The second-order valence-electron chi connectivity index (χ2n) is 13.9. The van der Waals surface area contributed by atoms with Crippen molar-refractivity contribution in [1.82, 2.24) is 0 Å². The van der Waals surface area contributed by atoms with Crippen molar-refractivity contribution < 1.29 is 14.4 Å². The fraction of sp³-hybridized carbons (Fsp3) is 0.125. The van der Waals surface area contributed by atoms with E-state index in [2.05, 4.69) is 15.0 Å². The molecular weight excluding hydrogens is 815 g/mol. The monoisotopic (exact) mass is 852 g/mol. The highest BCUT2D eigenvalue weighted by Crippen LogP contribution is 2.31. The molecular formula is C48H39Cl3N6O3. The van der Waals surface area contributed by atoms with Gasteiger partial charge in [0.25, 0.3) is 0 Å². The number of halogens is 3. The Bertz CT molecular complexity index is 2380. The summed E-state index contributed by atoms with van der Waals surface area (Å²) in [6.07, 6.45) is 0. The van der Waals surface area contributed by atoms with Crippen molar-refractivity contribution in [2.75, 3.05) is 55.5 Å². The number of benzene rings is 6. The summed E-state index contributed by atoms with van der Waals surface area (Å²) in [6.45, 7) is 0.438. The van der Waals surface area contributed by atoms with E-state index in [9.17, 15) is 14.4 Å². The molecule has 0 aromatic heterocycles. The quantitative estimate of drug-likeness (QED) is 0.178. The molecule has 3 aliphatic heterocycles. The largest absolute Gasteiger partial charge is 0.313 e. The van der Waals surface area contributed by atoms with Crippen molar-refractivity contribution in [1.29, 1.82) is 0 Å². The van der Waals surface area contributed by atoms with E-state index in [4.69, 9.17) is 34.8 Å². The minimum atomic E-state index is -0.0282. The van der Waals surface area contributed by atoms with Crippen molar-refractivity contribution >= 4 is 86.7 Å². The van der Waals surface area contributed by atoms with Crippen LogP contribution in [0.25, 0.3) is 0 Å². The summed E-state index contributed by atoms with van der Waals surface area (Å²) in [5.41, 5.74) is 10.5. The second-order valence-corrected chi connectivity index (χ2v) is 15.2. The number of anilines is 3. The van der Waals surface area contributed by atoms with Crippen LogP contribution in [0.15, 0.2) is 161 Å². The molecule has 9 rings (SSSR count). The molecule has 0 saturated heterocycles. The van der Waals surface area contributed by atoms with Crippen LogP contribution in [0.3, 0.4) is 0 Å². The van der Waals surface area contributed by atoms with Gasteiger partial charge in [0, 0.05) is 69.6 Å². The third-order valence-corrected chi connectivity index (χ3v) is 10.8. The predicted molar refractivity (Wildman–Crippen MR) is 245 cm³/mol. The summed E-state index contributed by atoms with van der Waals surface area (Å²) >= 11 is 18.3. The Labute approximate surface area is 363 Å². The number of fused-ring (bicyclic) bond motifs is 3.